The van der Waals surface area contributed by atoms with Crippen molar-refractivity contribution in [3.8, 4) is 0 Å². The molecular formula is C20H20BrP. The van der Waals surface area contributed by atoms with E-state index < -0.39 is 0 Å². The molecule has 0 aliphatic rings. The van der Waals surface area contributed by atoms with Crippen LogP contribution >= 0.6 is 26.2 Å². The van der Waals surface area contributed by atoms with Crippen LogP contribution in [0.2, 0.25) is 0 Å². The summed E-state index contributed by atoms with van der Waals surface area (Å²) < 4.78 is 0. The Bertz CT molecular complexity index is 683. The van der Waals surface area contributed by atoms with Gasteiger partial charge in [0.2, 0.25) is 0 Å². The van der Waals surface area contributed by atoms with Crippen LogP contribution in [0, 0.1) is 6.92 Å². The van der Waals surface area contributed by atoms with Crippen LogP contribution in [-0.2, 0) is 5.16 Å². The highest BCUT2D eigenvalue weighted by atomic mass is 79.9. The molecule has 0 spiro atoms. The van der Waals surface area contributed by atoms with Crippen molar-refractivity contribution in [2.24, 2.45) is 0 Å². The highest BCUT2D eigenvalue weighted by molar-refractivity contribution is 8.93. The molecule has 0 saturated carbocycles. The predicted octanol–water partition coefficient (Wildman–Crippen LogP) is 5.74. The van der Waals surface area contributed by atoms with Crippen LogP contribution in [0.1, 0.15) is 22.3 Å². The predicted molar refractivity (Wildman–Crippen MR) is 104 cm³/mol. The van der Waals surface area contributed by atoms with E-state index >= 15 is 0 Å². The number of hydrogen-bond donors (Lipinski definition) is 0. The zero-order valence-electron chi connectivity index (χ0n) is 12.6. The van der Waals surface area contributed by atoms with E-state index in [-0.39, 0.29) is 22.1 Å². The van der Waals surface area contributed by atoms with Gasteiger partial charge in [-0.2, -0.15) is 0 Å². The minimum Gasteiger partial charge on any atom is -0.117 e. The lowest BCUT2D eigenvalue weighted by molar-refractivity contribution is 0.885. The molecule has 0 aliphatic carbocycles. The second kappa shape index (κ2) is 7.22. The second-order valence-corrected chi connectivity index (χ2v) is 6.22. The molecule has 0 heterocycles. The summed E-state index contributed by atoms with van der Waals surface area (Å²) in [7, 11) is 3.09. The third kappa shape index (κ3) is 3.02. The first-order valence-electron chi connectivity index (χ1n) is 7.19. The first-order valence-corrected chi connectivity index (χ1v) is 7.76. The summed E-state index contributed by atoms with van der Waals surface area (Å²) in [6, 6.07) is 30.0. The molecule has 0 bridgehead atoms. The van der Waals surface area contributed by atoms with Gasteiger partial charge in [0, 0.05) is 0 Å². The van der Waals surface area contributed by atoms with E-state index in [1.807, 2.05) is 0 Å². The Morgan fingerprint density at radius 3 is 1.50 bits per heavy atom. The van der Waals surface area contributed by atoms with Crippen LogP contribution in [0.15, 0.2) is 84.9 Å². The normalized spacial score (nSPS) is 10.8. The number of rotatable bonds is 3. The molecule has 0 saturated heterocycles. The summed E-state index contributed by atoms with van der Waals surface area (Å²) in [4.78, 5) is 0. The largest absolute Gasteiger partial charge is 0.117 e. The summed E-state index contributed by atoms with van der Waals surface area (Å²) in [6.07, 6.45) is 0. The molecule has 22 heavy (non-hydrogen) atoms. The summed E-state index contributed by atoms with van der Waals surface area (Å²) in [5.41, 5.74) is 5.21. The van der Waals surface area contributed by atoms with Crippen molar-refractivity contribution in [3.05, 3.63) is 107 Å². The average Bonchev–Trinajstić information content (AvgIpc) is 2.56. The van der Waals surface area contributed by atoms with E-state index in [0.717, 1.165) is 0 Å². The van der Waals surface area contributed by atoms with E-state index in [1.54, 1.807) is 0 Å². The highest BCUT2D eigenvalue weighted by Crippen LogP contribution is 2.45. The summed E-state index contributed by atoms with van der Waals surface area (Å²) in [6.45, 7) is 2.18. The summed E-state index contributed by atoms with van der Waals surface area (Å²) in [5, 5.41) is -0.214. The molecule has 3 aromatic rings. The number of benzene rings is 3. The van der Waals surface area contributed by atoms with Crippen molar-refractivity contribution in [2.45, 2.75) is 12.1 Å². The van der Waals surface area contributed by atoms with Crippen LogP contribution in [0.3, 0.4) is 0 Å². The van der Waals surface area contributed by atoms with Gasteiger partial charge in [-0.1, -0.05) is 84.9 Å². The van der Waals surface area contributed by atoms with E-state index in [9.17, 15) is 0 Å². The van der Waals surface area contributed by atoms with E-state index in [4.69, 9.17) is 0 Å². The van der Waals surface area contributed by atoms with Crippen molar-refractivity contribution < 1.29 is 0 Å². The van der Waals surface area contributed by atoms with Crippen LogP contribution in [-0.4, -0.2) is 0 Å². The van der Waals surface area contributed by atoms with Gasteiger partial charge in [0.25, 0.3) is 0 Å². The van der Waals surface area contributed by atoms with Crippen LogP contribution in [0.4, 0.5) is 0 Å². The fourth-order valence-electron chi connectivity index (χ4n) is 2.90. The van der Waals surface area contributed by atoms with Gasteiger partial charge in [-0.3, -0.25) is 0 Å². The molecular weight excluding hydrogens is 351 g/mol. The van der Waals surface area contributed by atoms with Crippen molar-refractivity contribution in [1.29, 1.82) is 0 Å². The average molecular weight is 371 g/mol. The fourth-order valence-corrected chi connectivity index (χ4v) is 3.60. The molecule has 0 aromatic heterocycles. The molecule has 0 aliphatic heterocycles. The number of halogens is 1. The van der Waals surface area contributed by atoms with E-state index in [2.05, 4.69) is 101 Å². The fraction of sp³-hybridized carbons (Fsp3) is 0.100. The Kier molecular flexibility index (Phi) is 5.56. The van der Waals surface area contributed by atoms with Gasteiger partial charge in [0.1, 0.15) is 0 Å². The molecule has 3 rings (SSSR count). The minimum absolute atomic E-state index is 0. The van der Waals surface area contributed by atoms with Gasteiger partial charge < -0.3 is 0 Å². The Morgan fingerprint density at radius 2 is 1.05 bits per heavy atom. The van der Waals surface area contributed by atoms with Crippen molar-refractivity contribution in [1.82, 2.24) is 0 Å². The van der Waals surface area contributed by atoms with Gasteiger partial charge in [-0.25, -0.2) is 0 Å². The van der Waals surface area contributed by atoms with Crippen LogP contribution < -0.4 is 0 Å². The van der Waals surface area contributed by atoms with Gasteiger partial charge >= 0.3 is 0 Å². The molecule has 112 valence electrons. The maximum atomic E-state index is 3.09. The Hall–Kier alpha value is -1.43. The summed E-state index contributed by atoms with van der Waals surface area (Å²) >= 11 is 0. The molecule has 1 atom stereocenters. The van der Waals surface area contributed by atoms with Crippen LogP contribution in [0.5, 0.6) is 0 Å². The Balaban J connectivity index is 0.00000176. The van der Waals surface area contributed by atoms with Gasteiger partial charge in [0.15, 0.2) is 0 Å². The maximum Gasteiger partial charge on any atom is 0.0593 e. The zero-order chi connectivity index (χ0) is 14.7. The quantitative estimate of drug-likeness (QED) is 0.407. The Morgan fingerprint density at radius 1 is 0.636 bits per heavy atom. The topological polar surface area (TPSA) is 0 Å². The van der Waals surface area contributed by atoms with E-state index in [1.165, 1.54) is 22.3 Å². The van der Waals surface area contributed by atoms with Crippen molar-refractivity contribution in [2.75, 3.05) is 0 Å². The molecule has 0 radical (unpaired) electrons. The molecule has 1 unspecified atom stereocenters. The maximum absolute atomic E-state index is 3.09. The molecule has 0 amide bonds. The third-order valence-corrected chi connectivity index (χ3v) is 5.01. The molecule has 2 heteroatoms. The standard InChI is InChI=1S/C20H19P.BrH/c1-16-10-8-9-15-19(16)20(21,17-11-4-2-5-12-17)18-13-6-3-7-14-18;/h2-15H,21H2,1H3;1H. The molecule has 0 fully saturated rings. The van der Waals surface area contributed by atoms with Gasteiger partial charge in [-0.15, -0.1) is 26.2 Å². The minimum atomic E-state index is -0.214. The molecule has 3 aromatic carbocycles. The zero-order valence-corrected chi connectivity index (χ0v) is 15.4. The molecule has 0 N–H and O–H groups in total. The summed E-state index contributed by atoms with van der Waals surface area (Å²) in [5.74, 6) is 0. The number of aryl methyl sites for hydroxylation is 1. The number of hydrogen-bond acceptors (Lipinski definition) is 0. The van der Waals surface area contributed by atoms with Gasteiger partial charge in [-0.05, 0) is 29.2 Å². The van der Waals surface area contributed by atoms with Crippen LogP contribution in [0.25, 0.3) is 0 Å². The second-order valence-electron chi connectivity index (χ2n) is 5.35. The smallest absolute Gasteiger partial charge is 0.0593 e. The Labute approximate surface area is 145 Å². The highest BCUT2D eigenvalue weighted by Gasteiger charge is 2.32. The van der Waals surface area contributed by atoms with Crippen molar-refractivity contribution in [3.63, 3.8) is 0 Å². The first kappa shape index (κ1) is 16.9. The molecule has 0 nitrogen and oxygen atoms in total. The SMILES string of the molecule is Br.Cc1ccccc1C(P)(c1ccccc1)c1ccccc1. The lowest BCUT2D eigenvalue weighted by Gasteiger charge is -2.33. The monoisotopic (exact) mass is 370 g/mol. The van der Waals surface area contributed by atoms with E-state index in [0.29, 0.717) is 0 Å². The first-order chi connectivity index (χ1) is 10.2. The lowest BCUT2D eigenvalue weighted by Crippen LogP contribution is -2.22. The van der Waals surface area contributed by atoms with Gasteiger partial charge in [0.05, 0.1) is 5.16 Å². The lowest BCUT2D eigenvalue weighted by atomic mass is 9.82. The third-order valence-electron chi connectivity index (χ3n) is 4.03. The van der Waals surface area contributed by atoms with Crippen molar-refractivity contribution >= 4 is 26.2 Å².